The molecule has 1 aromatic rings. The van der Waals surface area contributed by atoms with Crippen molar-refractivity contribution in [2.75, 3.05) is 38.1 Å². The van der Waals surface area contributed by atoms with E-state index in [9.17, 15) is 9.90 Å². The SMILES string of the molecule is Cc1cc(NC(=O)C2CC(O)CN2)ccc1OCCN1CCCC1. The average molecular weight is 333 g/mol. The molecular weight excluding hydrogens is 306 g/mol. The number of amides is 1. The molecule has 2 aliphatic heterocycles. The molecule has 6 nitrogen and oxygen atoms in total. The van der Waals surface area contributed by atoms with Gasteiger partial charge < -0.3 is 20.5 Å². The first kappa shape index (κ1) is 17.2. The van der Waals surface area contributed by atoms with Gasteiger partial charge in [-0.25, -0.2) is 0 Å². The zero-order valence-electron chi connectivity index (χ0n) is 14.3. The number of ether oxygens (including phenoxy) is 1. The van der Waals surface area contributed by atoms with Crippen molar-refractivity contribution in [3.63, 3.8) is 0 Å². The summed E-state index contributed by atoms with van der Waals surface area (Å²) in [5.74, 6) is 0.760. The van der Waals surface area contributed by atoms with Gasteiger partial charge in [0.15, 0.2) is 0 Å². The van der Waals surface area contributed by atoms with Gasteiger partial charge in [-0.15, -0.1) is 0 Å². The smallest absolute Gasteiger partial charge is 0.241 e. The molecule has 0 bridgehead atoms. The number of benzene rings is 1. The summed E-state index contributed by atoms with van der Waals surface area (Å²) in [5, 5.41) is 15.4. The molecule has 2 unspecified atom stereocenters. The van der Waals surface area contributed by atoms with Gasteiger partial charge in [-0.2, -0.15) is 0 Å². The number of aliphatic hydroxyl groups excluding tert-OH is 1. The van der Waals surface area contributed by atoms with E-state index in [1.165, 1.54) is 25.9 Å². The van der Waals surface area contributed by atoms with Crippen LogP contribution in [0.2, 0.25) is 0 Å². The molecule has 1 amide bonds. The van der Waals surface area contributed by atoms with Gasteiger partial charge >= 0.3 is 0 Å². The van der Waals surface area contributed by atoms with Gasteiger partial charge in [0.05, 0.1) is 12.1 Å². The van der Waals surface area contributed by atoms with Crippen molar-refractivity contribution < 1.29 is 14.6 Å². The van der Waals surface area contributed by atoms with Crippen LogP contribution in [0.25, 0.3) is 0 Å². The number of β-amino-alcohol motifs (C(OH)–C–C–N with tert-alkyl or cyclic N) is 1. The first-order chi connectivity index (χ1) is 11.6. The Kier molecular flexibility index (Phi) is 5.71. The van der Waals surface area contributed by atoms with E-state index in [2.05, 4.69) is 15.5 Å². The van der Waals surface area contributed by atoms with E-state index in [0.29, 0.717) is 19.6 Å². The Bertz CT molecular complexity index is 573. The van der Waals surface area contributed by atoms with Gasteiger partial charge in [-0.3, -0.25) is 9.69 Å². The second-order valence-electron chi connectivity index (χ2n) is 6.72. The van der Waals surface area contributed by atoms with Crippen molar-refractivity contribution in [1.82, 2.24) is 10.2 Å². The number of nitrogens with zero attached hydrogens (tertiary/aromatic N) is 1. The third-order valence-corrected chi connectivity index (χ3v) is 4.73. The van der Waals surface area contributed by atoms with Crippen molar-refractivity contribution in [2.45, 2.75) is 38.3 Å². The highest BCUT2D eigenvalue weighted by Gasteiger charge is 2.28. The van der Waals surface area contributed by atoms with Gasteiger partial charge in [0, 0.05) is 18.8 Å². The maximum Gasteiger partial charge on any atom is 0.241 e. The van der Waals surface area contributed by atoms with E-state index in [1.807, 2.05) is 25.1 Å². The lowest BCUT2D eigenvalue weighted by Gasteiger charge is -2.16. The molecule has 2 aliphatic rings. The molecular formula is C18H27N3O3. The number of hydrogen-bond donors (Lipinski definition) is 3. The molecule has 2 heterocycles. The predicted molar refractivity (Wildman–Crippen MR) is 93.4 cm³/mol. The van der Waals surface area contributed by atoms with Crippen LogP contribution in [0.3, 0.4) is 0 Å². The van der Waals surface area contributed by atoms with Gasteiger partial charge in [0.25, 0.3) is 0 Å². The van der Waals surface area contributed by atoms with Gasteiger partial charge in [0.2, 0.25) is 5.91 Å². The summed E-state index contributed by atoms with van der Waals surface area (Å²) in [5.41, 5.74) is 1.77. The quantitative estimate of drug-likeness (QED) is 0.728. The molecule has 0 saturated carbocycles. The maximum absolute atomic E-state index is 12.2. The monoisotopic (exact) mass is 333 g/mol. The molecule has 2 saturated heterocycles. The molecule has 0 radical (unpaired) electrons. The highest BCUT2D eigenvalue weighted by molar-refractivity contribution is 5.95. The fraction of sp³-hybridized carbons (Fsp3) is 0.611. The number of aliphatic hydroxyl groups is 1. The molecule has 0 spiro atoms. The largest absolute Gasteiger partial charge is 0.492 e. The Labute approximate surface area is 143 Å². The Hall–Kier alpha value is -1.63. The number of carbonyl (C=O) groups is 1. The number of hydrogen-bond acceptors (Lipinski definition) is 5. The number of carbonyl (C=O) groups excluding carboxylic acids is 1. The molecule has 132 valence electrons. The maximum atomic E-state index is 12.2. The summed E-state index contributed by atoms with van der Waals surface area (Å²) in [4.78, 5) is 14.6. The molecule has 2 fully saturated rings. The van der Waals surface area contributed by atoms with Crippen LogP contribution in [-0.4, -0.2) is 60.8 Å². The van der Waals surface area contributed by atoms with Gasteiger partial charge in [-0.05, 0) is 63.0 Å². The fourth-order valence-corrected chi connectivity index (χ4v) is 3.33. The van der Waals surface area contributed by atoms with Gasteiger partial charge in [0.1, 0.15) is 12.4 Å². The summed E-state index contributed by atoms with van der Waals surface area (Å²) in [6, 6.07) is 5.37. The highest BCUT2D eigenvalue weighted by atomic mass is 16.5. The molecule has 3 rings (SSSR count). The predicted octanol–water partition coefficient (Wildman–Crippen LogP) is 1.13. The van der Waals surface area contributed by atoms with Crippen molar-refractivity contribution in [1.29, 1.82) is 0 Å². The average Bonchev–Trinajstić information content (AvgIpc) is 3.21. The molecule has 3 N–H and O–H groups in total. The minimum Gasteiger partial charge on any atom is -0.492 e. The summed E-state index contributed by atoms with van der Waals surface area (Å²) < 4.78 is 5.87. The van der Waals surface area contributed by atoms with E-state index in [1.54, 1.807) is 0 Å². The highest BCUT2D eigenvalue weighted by Crippen LogP contribution is 2.22. The van der Waals surface area contributed by atoms with Crippen LogP contribution in [0, 0.1) is 6.92 Å². The van der Waals surface area contributed by atoms with Crippen molar-refractivity contribution >= 4 is 11.6 Å². The Balaban J connectivity index is 1.49. The number of rotatable bonds is 6. The van der Waals surface area contributed by atoms with Crippen molar-refractivity contribution in [2.24, 2.45) is 0 Å². The van der Waals surface area contributed by atoms with E-state index >= 15 is 0 Å². The van der Waals surface area contributed by atoms with Crippen LogP contribution in [0.5, 0.6) is 5.75 Å². The van der Waals surface area contributed by atoms with Crippen LogP contribution in [0.1, 0.15) is 24.8 Å². The normalized spacial score (nSPS) is 24.2. The van der Waals surface area contributed by atoms with Crippen LogP contribution >= 0.6 is 0 Å². The molecule has 1 aromatic carbocycles. The Morgan fingerprint density at radius 3 is 2.88 bits per heavy atom. The van der Waals surface area contributed by atoms with Gasteiger partial charge in [-0.1, -0.05) is 0 Å². The first-order valence-electron chi connectivity index (χ1n) is 8.80. The van der Waals surface area contributed by atoms with E-state index < -0.39 is 6.10 Å². The Morgan fingerprint density at radius 1 is 1.42 bits per heavy atom. The van der Waals surface area contributed by atoms with Crippen LogP contribution in [-0.2, 0) is 4.79 Å². The zero-order valence-corrected chi connectivity index (χ0v) is 14.3. The molecule has 24 heavy (non-hydrogen) atoms. The summed E-state index contributed by atoms with van der Waals surface area (Å²) in [6.07, 6.45) is 2.61. The second-order valence-corrected chi connectivity index (χ2v) is 6.72. The zero-order chi connectivity index (χ0) is 16.9. The number of likely N-dealkylation sites (tertiary alicyclic amines) is 1. The molecule has 2 atom stereocenters. The lowest BCUT2D eigenvalue weighted by Crippen LogP contribution is -2.35. The fourth-order valence-electron chi connectivity index (χ4n) is 3.33. The van der Waals surface area contributed by atoms with Crippen LogP contribution in [0.4, 0.5) is 5.69 Å². The van der Waals surface area contributed by atoms with Crippen molar-refractivity contribution in [3.8, 4) is 5.75 Å². The van der Waals surface area contributed by atoms with E-state index in [-0.39, 0.29) is 11.9 Å². The summed E-state index contributed by atoms with van der Waals surface area (Å²) >= 11 is 0. The van der Waals surface area contributed by atoms with E-state index in [4.69, 9.17) is 4.74 Å². The topological polar surface area (TPSA) is 73.8 Å². The van der Waals surface area contributed by atoms with E-state index in [0.717, 1.165) is 23.5 Å². The first-order valence-corrected chi connectivity index (χ1v) is 8.80. The molecule has 0 aliphatic carbocycles. The lowest BCUT2D eigenvalue weighted by molar-refractivity contribution is -0.117. The van der Waals surface area contributed by atoms with Crippen LogP contribution < -0.4 is 15.4 Å². The van der Waals surface area contributed by atoms with Crippen molar-refractivity contribution in [3.05, 3.63) is 23.8 Å². The number of aryl methyl sites for hydroxylation is 1. The lowest BCUT2D eigenvalue weighted by atomic mass is 10.1. The third kappa shape index (κ3) is 4.47. The van der Waals surface area contributed by atoms with Crippen LogP contribution in [0.15, 0.2) is 18.2 Å². The molecule has 6 heteroatoms. The minimum atomic E-state index is -0.436. The summed E-state index contributed by atoms with van der Waals surface area (Å²) in [7, 11) is 0. The number of anilines is 1. The minimum absolute atomic E-state index is 0.103. The molecule has 0 aromatic heterocycles. The Morgan fingerprint density at radius 2 is 2.21 bits per heavy atom. The standard InChI is InChI=1S/C18H27N3O3/c1-13-10-14(20-18(23)16-11-15(22)12-19-16)4-5-17(13)24-9-8-21-6-2-3-7-21/h4-5,10,15-16,19,22H,2-3,6-9,11-12H2,1H3,(H,20,23). The second kappa shape index (κ2) is 7.96. The number of nitrogens with one attached hydrogen (secondary N) is 2. The third-order valence-electron chi connectivity index (χ3n) is 4.73. The summed E-state index contributed by atoms with van der Waals surface area (Å²) in [6.45, 7) is 6.47.